The number of carbonyl (C=O) groups is 2. The minimum Gasteiger partial charge on any atom is -0.483 e. The van der Waals surface area contributed by atoms with Gasteiger partial charge in [-0.05, 0) is 71.6 Å². The Balaban J connectivity index is 1.96. The van der Waals surface area contributed by atoms with Gasteiger partial charge in [-0.1, -0.05) is 72.6 Å². The predicted molar refractivity (Wildman–Crippen MR) is 153 cm³/mol. The number of rotatable bonds is 11. The first kappa shape index (κ1) is 29.0. The average molecular weight is 606 g/mol. The van der Waals surface area contributed by atoms with Crippen LogP contribution in [0.4, 0.5) is 0 Å². The van der Waals surface area contributed by atoms with Crippen LogP contribution in [0.1, 0.15) is 37.5 Å². The average Bonchev–Trinajstić information content (AvgIpc) is 2.86. The van der Waals surface area contributed by atoms with Crippen LogP contribution in [-0.4, -0.2) is 35.4 Å². The first-order valence-corrected chi connectivity index (χ1v) is 13.7. The van der Waals surface area contributed by atoms with Crippen molar-refractivity contribution in [3.05, 3.63) is 97.9 Å². The van der Waals surface area contributed by atoms with Gasteiger partial charge in [-0.3, -0.25) is 9.59 Å². The minimum atomic E-state index is -0.806. The third-order valence-corrected chi connectivity index (χ3v) is 7.18. The molecule has 1 unspecified atom stereocenters. The second-order valence-electron chi connectivity index (χ2n) is 9.00. The maximum absolute atomic E-state index is 13.7. The number of benzene rings is 3. The fourth-order valence-electron chi connectivity index (χ4n) is 3.89. The first-order valence-electron chi connectivity index (χ1n) is 12.2. The minimum absolute atomic E-state index is 0.0552. The molecule has 3 rings (SSSR count). The number of hydrogen-bond donors (Lipinski definition) is 1. The van der Waals surface area contributed by atoms with Gasteiger partial charge >= 0.3 is 0 Å². The highest BCUT2D eigenvalue weighted by Crippen LogP contribution is 2.29. The van der Waals surface area contributed by atoms with Gasteiger partial charge in [0, 0.05) is 34.6 Å². The van der Waals surface area contributed by atoms with Crippen LogP contribution < -0.4 is 10.1 Å². The molecule has 0 radical (unpaired) electrons. The van der Waals surface area contributed by atoms with Gasteiger partial charge < -0.3 is 15.0 Å². The number of ether oxygens (including phenoxy) is 1. The number of aryl methyl sites for hydroxylation is 1. The molecule has 0 bridgehead atoms. The standard InChI is InChI=1S/C29H31BrCl2N2O3/c1-4-20-13-14-27(23(30)15-20)37-18-28(35)34(17-22-24(31)11-8-12-25(22)32)26(29(36)33-19(2)3)16-21-9-6-5-7-10-21/h5-15,19,26H,4,16-18H2,1-3H3,(H,33,36). The summed E-state index contributed by atoms with van der Waals surface area (Å²) < 4.78 is 6.67. The Morgan fingerprint density at radius 1 is 0.973 bits per heavy atom. The molecule has 3 aromatic carbocycles. The number of amides is 2. The van der Waals surface area contributed by atoms with Crippen LogP contribution in [0.2, 0.25) is 10.0 Å². The summed E-state index contributed by atoms with van der Waals surface area (Å²) in [5, 5.41) is 3.81. The van der Waals surface area contributed by atoms with Crippen molar-refractivity contribution in [2.45, 2.75) is 52.2 Å². The first-order chi connectivity index (χ1) is 17.7. The molecule has 0 spiro atoms. The molecule has 0 fully saturated rings. The molecule has 2 amide bonds. The van der Waals surface area contributed by atoms with E-state index >= 15 is 0 Å². The third kappa shape index (κ3) is 8.22. The number of halogens is 3. The Morgan fingerprint density at radius 3 is 2.24 bits per heavy atom. The van der Waals surface area contributed by atoms with Crippen molar-refractivity contribution in [2.75, 3.05) is 6.61 Å². The van der Waals surface area contributed by atoms with Gasteiger partial charge in [-0.25, -0.2) is 0 Å². The van der Waals surface area contributed by atoms with E-state index in [1.54, 1.807) is 18.2 Å². The Morgan fingerprint density at radius 2 is 1.65 bits per heavy atom. The quantitative estimate of drug-likeness (QED) is 0.260. The van der Waals surface area contributed by atoms with Crippen molar-refractivity contribution >= 4 is 50.9 Å². The van der Waals surface area contributed by atoms with Crippen LogP contribution in [0, 0.1) is 0 Å². The van der Waals surface area contributed by atoms with Gasteiger partial charge in [-0.2, -0.15) is 0 Å². The van der Waals surface area contributed by atoms with Gasteiger partial charge in [0.25, 0.3) is 5.91 Å². The van der Waals surface area contributed by atoms with E-state index in [1.165, 1.54) is 4.90 Å². The highest BCUT2D eigenvalue weighted by atomic mass is 79.9. The van der Waals surface area contributed by atoms with E-state index < -0.39 is 6.04 Å². The summed E-state index contributed by atoms with van der Waals surface area (Å²) in [7, 11) is 0. The fourth-order valence-corrected chi connectivity index (χ4v) is 4.95. The molecule has 37 heavy (non-hydrogen) atoms. The zero-order valence-electron chi connectivity index (χ0n) is 21.1. The van der Waals surface area contributed by atoms with Crippen LogP contribution >= 0.6 is 39.1 Å². The molecule has 0 aliphatic rings. The van der Waals surface area contributed by atoms with Crippen molar-refractivity contribution in [1.82, 2.24) is 10.2 Å². The molecular weight excluding hydrogens is 575 g/mol. The molecule has 3 aromatic rings. The molecule has 196 valence electrons. The normalized spacial score (nSPS) is 11.8. The summed E-state index contributed by atoms with van der Waals surface area (Å²) in [5.74, 6) is -0.0707. The van der Waals surface area contributed by atoms with Gasteiger partial charge in [-0.15, -0.1) is 0 Å². The van der Waals surface area contributed by atoms with Crippen LogP contribution in [0.25, 0.3) is 0 Å². The summed E-state index contributed by atoms with van der Waals surface area (Å²) in [4.78, 5) is 28.7. The monoisotopic (exact) mass is 604 g/mol. The Labute approximate surface area is 237 Å². The molecule has 0 heterocycles. The van der Waals surface area contributed by atoms with E-state index in [-0.39, 0.29) is 31.0 Å². The van der Waals surface area contributed by atoms with Gasteiger partial charge in [0.1, 0.15) is 11.8 Å². The summed E-state index contributed by atoms with van der Waals surface area (Å²) in [6.45, 7) is 5.63. The Hall–Kier alpha value is -2.54. The van der Waals surface area contributed by atoms with Crippen LogP contribution in [0.15, 0.2) is 71.2 Å². The van der Waals surface area contributed by atoms with Gasteiger partial charge in [0.2, 0.25) is 5.91 Å². The van der Waals surface area contributed by atoms with E-state index in [0.717, 1.165) is 22.0 Å². The van der Waals surface area contributed by atoms with E-state index in [2.05, 4.69) is 28.2 Å². The van der Waals surface area contributed by atoms with E-state index in [4.69, 9.17) is 27.9 Å². The molecule has 5 nitrogen and oxygen atoms in total. The molecule has 1 atom stereocenters. The molecule has 0 aliphatic heterocycles. The molecular formula is C29H31BrCl2N2O3. The molecule has 1 N–H and O–H groups in total. The summed E-state index contributed by atoms with van der Waals surface area (Å²) >= 11 is 16.5. The summed E-state index contributed by atoms with van der Waals surface area (Å²) in [5.41, 5.74) is 2.64. The summed E-state index contributed by atoms with van der Waals surface area (Å²) in [6, 6.07) is 19.6. The predicted octanol–water partition coefficient (Wildman–Crippen LogP) is 6.86. The van der Waals surface area contributed by atoms with Gasteiger partial charge in [0.05, 0.1) is 4.47 Å². The highest BCUT2D eigenvalue weighted by Gasteiger charge is 2.32. The SMILES string of the molecule is CCc1ccc(OCC(=O)N(Cc2c(Cl)cccc2Cl)C(Cc2ccccc2)C(=O)NC(C)C)c(Br)c1. The van der Waals surface area contributed by atoms with E-state index in [9.17, 15) is 9.59 Å². The molecule has 8 heteroatoms. The lowest BCUT2D eigenvalue weighted by Gasteiger charge is -2.32. The van der Waals surface area contributed by atoms with Crippen molar-refractivity contribution in [2.24, 2.45) is 0 Å². The highest BCUT2D eigenvalue weighted by molar-refractivity contribution is 9.10. The van der Waals surface area contributed by atoms with Crippen molar-refractivity contribution in [3.63, 3.8) is 0 Å². The fraction of sp³-hybridized carbons (Fsp3) is 0.310. The van der Waals surface area contributed by atoms with Crippen LogP contribution in [0.5, 0.6) is 5.75 Å². The van der Waals surface area contributed by atoms with E-state index in [1.807, 2.05) is 62.4 Å². The van der Waals surface area contributed by atoms with Crippen molar-refractivity contribution in [3.8, 4) is 5.75 Å². The van der Waals surface area contributed by atoms with Crippen LogP contribution in [0.3, 0.4) is 0 Å². The maximum atomic E-state index is 13.7. The lowest BCUT2D eigenvalue weighted by Crippen LogP contribution is -2.52. The second-order valence-corrected chi connectivity index (χ2v) is 10.7. The molecule has 0 saturated carbocycles. The third-order valence-electron chi connectivity index (χ3n) is 5.85. The number of nitrogens with one attached hydrogen (secondary N) is 1. The smallest absolute Gasteiger partial charge is 0.261 e. The Kier molecular flexibility index (Phi) is 10.9. The number of hydrogen-bond acceptors (Lipinski definition) is 3. The van der Waals surface area contributed by atoms with E-state index in [0.29, 0.717) is 27.8 Å². The van der Waals surface area contributed by atoms with Crippen molar-refractivity contribution < 1.29 is 14.3 Å². The molecule has 0 aromatic heterocycles. The molecule has 0 aliphatic carbocycles. The second kappa shape index (κ2) is 13.8. The zero-order valence-corrected chi connectivity index (χ0v) is 24.2. The molecule has 0 saturated heterocycles. The number of nitrogens with zero attached hydrogens (tertiary/aromatic N) is 1. The lowest BCUT2D eigenvalue weighted by molar-refractivity contribution is -0.143. The maximum Gasteiger partial charge on any atom is 0.261 e. The van der Waals surface area contributed by atoms with Gasteiger partial charge in [0.15, 0.2) is 6.61 Å². The van der Waals surface area contributed by atoms with Crippen LogP contribution in [-0.2, 0) is 29.0 Å². The largest absolute Gasteiger partial charge is 0.483 e. The zero-order chi connectivity index (χ0) is 26.9. The summed E-state index contributed by atoms with van der Waals surface area (Å²) in [6.07, 6.45) is 1.21. The number of carbonyl (C=O) groups excluding carboxylic acids is 2. The topological polar surface area (TPSA) is 58.6 Å². The Bertz CT molecular complexity index is 1200. The lowest BCUT2D eigenvalue weighted by atomic mass is 10.0. The van der Waals surface area contributed by atoms with Crippen molar-refractivity contribution in [1.29, 1.82) is 0 Å².